The van der Waals surface area contributed by atoms with Gasteiger partial charge in [0.25, 0.3) is 0 Å². The topological polar surface area (TPSA) is 35.2 Å². The molecule has 20 heavy (non-hydrogen) atoms. The van der Waals surface area contributed by atoms with Crippen LogP contribution in [0, 0.1) is 11.6 Å². The molecule has 2 aromatic carbocycles. The Morgan fingerprint density at radius 3 is 2.60 bits per heavy atom. The highest BCUT2D eigenvalue weighted by molar-refractivity contribution is 9.10. The number of ether oxygens (including phenoxy) is 1. The van der Waals surface area contributed by atoms with Gasteiger partial charge in [0, 0.05) is 22.0 Å². The summed E-state index contributed by atoms with van der Waals surface area (Å²) < 4.78 is 33.9. The SMILES string of the molecule is NC(c1cccc2c1OCC2)c1c(F)cc(Br)cc1F. The lowest BCUT2D eigenvalue weighted by Crippen LogP contribution is -2.16. The number of hydrogen-bond donors (Lipinski definition) is 1. The molecule has 1 aliphatic rings. The van der Waals surface area contributed by atoms with Crippen LogP contribution in [-0.2, 0) is 6.42 Å². The molecule has 0 saturated carbocycles. The van der Waals surface area contributed by atoms with Crippen molar-refractivity contribution in [3.8, 4) is 5.75 Å². The first kappa shape index (κ1) is 13.5. The lowest BCUT2D eigenvalue weighted by atomic mass is 9.96. The summed E-state index contributed by atoms with van der Waals surface area (Å²) in [7, 11) is 0. The fourth-order valence-corrected chi connectivity index (χ4v) is 2.89. The highest BCUT2D eigenvalue weighted by Crippen LogP contribution is 2.37. The van der Waals surface area contributed by atoms with Crippen molar-refractivity contribution in [3.63, 3.8) is 0 Å². The van der Waals surface area contributed by atoms with Crippen LogP contribution in [0.2, 0.25) is 0 Å². The molecule has 0 radical (unpaired) electrons. The lowest BCUT2D eigenvalue weighted by molar-refractivity contribution is 0.352. The third-order valence-electron chi connectivity index (χ3n) is 3.43. The van der Waals surface area contributed by atoms with Gasteiger partial charge in [-0.1, -0.05) is 34.1 Å². The van der Waals surface area contributed by atoms with Crippen molar-refractivity contribution in [1.29, 1.82) is 0 Å². The largest absolute Gasteiger partial charge is 0.493 e. The molecule has 0 aromatic heterocycles. The van der Waals surface area contributed by atoms with Crippen LogP contribution >= 0.6 is 15.9 Å². The van der Waals surface area contributed by atoms with E-state index in [1.165, 1.54) is 12.1 Å². The van der Waals surface area contributed by atoms with Crippen molar-refractivity contribution in [1.82, 2.24) is 0 Å². The van der Waals surface area contributed by atoms with E-state index in [1.807, 2.05) is 12.1 Å². The Morgan fingerprint density at radius 2 is 1.90 bits per heavy atom. The fourth-order valence-electron chi connectivity index (χ4n) is 2.49. The van der Waals surface area contributed by atoms with E-state index in [0.717, 1.165) is 12.0 Å². The molecule has 2 nitrogen and oxygen atoms in total. The molecule has 104 valence electrons. The second-order valence-corrected chi connectivity index (χ2v) is 5.61. The lowest BCUT2D eigenvalue weighted by Gasteiger charge is -2.17. The molecule has 1 aliphatic heterocycles. The molecule has 0 saturated heterocycles. The average Bonchev–Trinajstić information content (AvgIpc) is 2.85. The maximum absolute atomic E-state index is 14.0. The maximum atomic E-state index is 14.0. The van der Waals surface area contributed by atoms with E-state index >= 15 is 0 Å². The third-order valence-corrected chi connectivity index (χ3v) is 3.89. The monoisotopic (exact) mass is 339 g/mol. The first-order valence-electron chi connectivity index (χ1n) is 6.22. The van der Waals surface area contributed by atoms with Gasteiger partial charge >= 0.3 is 0 Å². The van der Waals surface area contributed by atoms with Gasteiger partial charge in [-0.2, -0.15) is 0 Å². The van der Waals surface area contributed by atoms with Crippen molar-refractivity contribution in [3.05, 3.63) is 63.1 Å². The summed E-state index contributed by atoms with van der Waals surface area (Å²) in [5, 5.41) is 0. The predicted molar refractivity (Wildman–Crippen MR) is 75.7 cm³/mol. The van der Waals surface area contributed by atoms with Crippen molar-refractivity contribution in [2.24, 2.45) is 5.73 Å². The molecule has 1 unspecified atom stereocenters. The zero-order valence-electron chi connectivity index (χ0n) is 10.5. The van der Waals surface area contributed by atoms with E-state index in [-0.39, 0.29) is 5.56 Å². The minimum atomic E-state index is -0.892. The van der Waals surface area contributed by atoms with E-state index in [0.29, 0.717) is 22.4 Å². The van der Waals surface area contributed by atoms with Gasteiger partial charge in [0.05, 0.1) is 12.6 Å². The number of fused-ring (bicyclic) bond motifs is 1. The normalized spacial score (nSPS) is 14.8. The van der Waals surface area contributed by atoms with Crippen LogP contribution in [0.25, 0.3) is 0 Å². The van der Waals surface area contributed by atoms with Gasteiger partial charge in [0.15, 0.2) is 0 Å². The van der Waals surface area contributed by atoms with Crippen LogP contribution in [0.4, 0.5) is 8.78 Å². The average molecular weight is 340 g/mol. The molecule has 5 heteroatoms. The summed E-state index contributed by atoms with van der Waals surface area (Å²) in [4.78, 5) is 0. The standard InChI is InChI=1S/C15H12BrF2NO/c16-9-6-11(17)13(12(18)7-9)14(19)10-3-1-2-8-4-5-20-15(8)10/h1-3,6-7,14H,4-5,19H2. The van der Waals surface area contributed by atoms with Crippen molar-refractivity contribution < 1.29 is 13.5 Å². The van der Waals surface area contributed by atoms with Crippen LogP contribution in [0.15, 0.2) is 34.8 Å². The smallest absolute Gasteiger partial charge is 0.132 e. The molecular weight excluding hydrogens is 328 g/mol. The molecule has 2 N–H and O–H groups in total. The predicted octanol–water partition coefficient (Wildman–Crippen LogP) is 3.71. The minimum Gasteiger partial charge on any atom is -0.493 e. The molecule has 1 heterocycles. The number of rotatable bonds is 2. The van der Waals surface area contributed by atoms with Crippen molar-refractivity contribution >= 4 is 15.9 Å². The maximum Gasteiger partial charge on any atom is 0.132 e. The quantitative estimate of drug-likeness (QED) is 0.905. The van der Waals surface area contributed by atoms with Crippen molar-refractivity contribution in [2.45, 2.75) is 12.5 Å². The first-order chi connectivity index (χ1) is 9.58. The first-order valence-corrected chi connectivity index (χ1v) is 7.02. The molecule has 0 aliphatic carbocycles. The zero-order valence-corrected chi connectivity index (χ0v) is 12.1. The Hall–Kier alpha value is -1.46. The summed E-state index contributed by atoms with van der Waals surface area (Å²) in [6.45, 7) is 0.574. The molecule has 0 bridgehead atoms. The summed E-state index contributed by atoms with van der Waals surface area (Å²) in [6.07, 6.45) is 0.793. The van der Waals surface area contributed by atoms with E-state index in [2.05, 4.69) is 15.9 Å². The van der Waals surface area contributed by atoms with Gasteiger partial charge < -0.3 is 10.5 Å². The Labute approximate surface area is 123 Å². The second-order valence-electron chi connectivity index (χ2n) is 4.69. The molecule has 0 fully saturated rings. The van der Waals surface area contributed by atoms with Gasteiger partial charge in [-0.05, 0) is 17.7 Å². The molecule has 1 atom stereocenters. The molecule has 3 rings (SSSR count). The molecule has 0 amide bonds. The Bertz CT molecular complexity index is 652. The Kier molecular flexibility index (Phi) is 3.48. The minimum absolute atomic E-state index is 0.142. The van der Waals surface area contributed by atoms with Gasteiger partial charge in [-0.3, -0.25) is 0 Å². The van der Waals surface area contributed by atoms with Crippen LogP contribution in [0.1, 0.15) is 22.7 Å². The number of halogens is 3. The number of para-hydroxylation sites is 1. The van der Waals surface area contributed by atoms with Gasteiger partial charge in [0.2, 0.25) is 0 Å². The van der Waals surface area contributed by atoms with E-state index in [9.17, 15) is 8.78 Å². The highest BCUT2D eigenvalue weighted by atomic mass is 79.9. The van der Waals surface area contributed by atoms with Gasteiger partial charge in [0.1, 0.15) is 17.4 Å². The van der Waals surface area contributed by atoms with Gasteiger partial charge in [-0.25, -0.2) is 8.78 Å². The van der Waals surface area contributed by atoms with Crippen LogP contribution in [-0.4, -0.2) is 6.61 Å². The summed E-state index contributed by atoms with van der Waals surface area (Å²) in [5.41, 5.74) is 7.56. The Morgan fingerprint density at radius 1 is 1.20 bits per heavy atom. The number of nitrogens with two attached hydrogens (primary N) is 1. The van der Waals surface area contributed by atoms with Gasteiger partial charge in [-0.15, -0.1) is 0 Å². The summed E-state index contributed by atoms with van der Waals surface area (Å²) >= 11 is 3.06. The fraction of sp³-hybridized carbons (Fsp3) is 0.200. The highest BCUT2D eigenvalue weighted by Gasteiger charge is 2.25. The van der Waals surface area contributed by atoms with Crippen LogP contribution in [0.5, 0.6) is 5.75 Å². The summed E-state index contributed by atoms with van der Waals surface area (Å²) in [6, 6.07) is 7.04. The second kappa shape index (κ2) is 5.14. The van der Waals surface area contributed by atoms with E-state index < -0.39 is 17.7 Å². The Balaban J connectivity index is 2.10. The third kappa shape index (κ3) is 2.21. The van der Waals surface area contributed by atoms with Crippen LogP contribution in [0.3, 0.4) is 0 Å². The summed E-state index contributed by atoms with van der Waals surface area (Å²) in [5.74, 6) is -0.679. The van der Waals surface area contributed by atoms with Crippen LogP contribution < -0.4 is 10.5 Å². The molecule has 0 spiro atoms. The number of benzene rings is 2. The van der Waals surface area contributed by atoms with E-state index in [4.69, 9.17) is 10.5 Å². The zero-order chi connectivity index (χ0) is 14.3. The number of hydrogen-bond acceptors (Lipinski definition) is 2. The van der Waals surface area contributed by atoms with Crippen molar-refractivity contribution in [2.75, 3.05) is 6.61 Å². The molecular formula is C15H12BrF2NO. The van der Waals surface area contributed by atoms with E-state index in [1.54, 1.807) is 6.07 Å². The molecule has 2 aromatic rings.